The topological polar surface area (TPSA) is 9.23 Å². The van der Waals surface area contributed by atoms with E-state index in [1.807, 2.05) is 18.2 Å². The molecule has 0 atom stereocenters. The fourth-order valence-electron chi connectivity index (χ4n) is 1.69. The zero-order valence-electron chi connectivity index (χ0n) is 11.2. The molecule has 1 nitrogen and oxygen atoms in total. The van der Waals surface area contributed by atoms with Gasteiger partial charge in [-0.25, -0.2) is 4.39 Å². The van der Waals surface area contributed by atoms with E-state index in [4.69, 9.17) is 27.9 Å². The van der Waals surface area contributed by atoms with Gasteiger partial charge in [0.05, 0.1) is 5.56 Å². The molecular weight excluding hydrogens is 310 g/mol. The number of benzene rings is 2. The maximum absolute atomic E-state index is 13.4. The Hall–Kier alpha value is -1.69. The molecule has 0 aliphatic rings. The number of hydrogen-bond acceptors (Lipinski definition) is 1. The van der Waals surface area contributed by atoms with Gasteiger partial charge in [-0.1, -0.05) is 41.6 Å². The second-order valence-corrected chi connectivity index (χ2v) is 5.05. The summed E-state index contributed by atoms with van der Waals surface area (Å²) in [6.45, 7) is 0.257. The van der Waals surface area contributed by atoms with Crippen LogP contribution in [0.25, 0.3) is 0 Å². The van der Waals surface area contributed by atoms with Crippen LogP contribution in [0.4, 0.5) is 4.39 Å². The van der Waals surface area contributed by atoms with E-state index in [1.165, 1.54) is 12.1 Å². The molecule has 0 heterocycles. The molecule has 0 aliphatic carbocycles. The second-order valence-electron chi connectivity index (χ2n) is 4.26. The van der Waals surface area contributed by atoms with Crippen molar-refractivity contribution in [1.82, 2.24) is 0 Å². The Kier molecular flexibility index (Phi) is 5.92. The third-order valence-corrected chi connectivity index (χ3v) is 3.28. The lowest BCUT2D eigenvalue weighted by atomic mass is 10.2. The predicted octanol–water partition coefficient (Wildman–Crippen LogP) is 5.04. The van der Waals surface area contributed by atoms with Crippen LogP contribution in [0.2, 0.25) is 5.02 Å². The van der Waals surface area contributed by atoms with Gasteiger partial charge < -0.3 is 4.74 Å². The Morgan fingerprint density at radius 1 is 1.14 bits per heavy atom. The molecule has 0 saturated heterocycles. The lowest BCUT2D eigenvalue weighted by Gasteiger charge is -2.09. The summed E-state index contributed by atoms with van der Waals surface area (Å²) in [5.41, 5.74) is 1.47. The quantitative estimate of drug-likeness (QED) is 0.566. The molecule has 0 N–H and O–H groups in total. The van der Waals surface area contributed by atoms with Crippen LogP contribution in [0, 0.1) is 17.7 Å². The highest BCUT2D eigenvalue weighted by Crippen LogP contribution is 2.22. The predicted molar refractivity (Wildman–Crippen MR) is 84.4 cm³/mol. The zero-order valence-corrected chi connectivity index (χ0v) is 12.7. The lowest BCUT2D eigenvalue weighted by Crippen LogP contribution is -1.98. The van der Waals surface area contributed by atoms with Crippen LogP contribution >= 0.6 is 23.2 Å². The lowest BCUT2D eigenvalue weighted by molar-refractivity contribution is 0.304. The van der Waals surface area contributed by atoms with Crippen LogP contribution in [0.3, 0.4) is 0 Å². The highest BCUT2D eigenvalue weighted by Gasteiger charge is 2.06. The molecule has 4 heteroatoms. The smallest absolute Gasteiger partial charge is 0.138 e. The summed E-state index contributed by atoms with van der Waals surface area (Å²) in [5.74, 6) is 6.34. The van der Waals surface area contributed by atoms with Gasteiger partial charge in [-0.3, -0.25) is 0 Å². The number of halogens is 3. The van der Waals surface area contributed by atoms with E-state index in [1.54, 1.807) is 12.1 Å². The van der Waals surface area contributed by atoms with Crippen LogP contribution in [-0.2, 0) is 6.61 Å². The molecule has 0 aromatic heterocycles. The Morgan fingerprint density at radius 3 is 2.71 bits per heavy atom. The van der Waals surface area contributed by atoms with E-state index < -0.39 is 0 Å². The highest BCUT2D eigenvalue weighted by molar-refractivity contribution is 6.31. The van der Waals surface area contributed by atoms with Crippen molar-refractivity contribution in [3.63, 3.8) is 0 Å². The van der Waals surface area contributed by atoms with Crippen molar-refractivity contribution in [3.05, 3.63) is 64.4 Å². The highest BCUT2D eigenvalue weighted by atomic mass is 35.5. The second kappa shape index (κ2) is 7.93. The number of rotatable bonds is 4. The van der Waals surface area contributed by atoms with Gasteiger partial charge in [0.1, 0.15) is 18.2 Å². The van der Waals surface area contributed by atoms with Crippen molar-refractivity contribution in [2.75, 3.05) is 5.88 Å². The van der Waals surface area contributed by atoms with Crippen LogP contribution < -0.4 is 4.74 Å². The summed E-state index contributed by atoms with van der Waals surface area (Å²) >= 11 is 11.7. The van der Waals surface area contributed by atoms with Crippen molar-refractivity contribution < 1.29 is 9.13 Å². The van der Waals surface area contributed by atoms with Crippen molar-refractivity contribution in [2.24, 2.45) is 0 Å². The first-order valence-electron chi connectivity index (χ1n) is 6.41. The molecule has 0 amide bonds. The normalized spacial score (nSPS) is 9.86. The summed E-state index contributed by atoms with van der Waals surface area (Å²) in [5, 5.41) is 0.615. The minimum atomic E-state index is -0.368. The van der Waals surface area contributed by atoms with E-state index in [-0.39, 0.29) is 12.4 Å². The Balaban J connectivity index is 2.17. The molecule has 0 fully saturated rings. The first kappa shape index (κ1) is 15.7. The molecule has 0 unspecified atom stereocenters. The van der Waals surface area contributed by atoms with Crippen LogP contribution in [-0.4, -0.2) is 5.88 Å². The molecular formula is C17H13Cl2FO. The molecule has 0 aliphatic heterocycles. The van der Waals surface area contributed by atoms with Gasteiger partial charge >= 0.3 is 0 Å². The Bertz CT molecular complexity index is 674. The molecule has 2 rings (SSSR count). The maximum atomic E-state index is 13.4. The van der Waals surface area contributed by atoms with Crippen LogP contribution in [0.15, 0.2) is 42.5 Å². The summed E-state index contributed by atoms with van der Waals surface area (Å²) in [6, 6.07) is 11.6. The minimum absolute atomic E-state index is 0.257. The average Bonchev–Trinajstić information content (AvgIpc) is 2.48. The van der Waals surface area contributed by atoms with E-state index in [9.17, 15) is 4.39 Å². The standard InChI is InChI=1S/C17H13Cl2FO/c18-10-4-3-5-13-8-9-15(20)11-17(13)21-12-14-6-1-2-7-16(14)19/h1-2,6-9,11H,4,10,12H2. The molecule has 0 radical (unpaired) electrons. The minimum Gasteiger partial charge on any atom is -0.487 e. The SMILES string of the molecule is Fc1ccc(C#CCCCl)c(OCc2ccccc2Cl)c1. The van der Waals surface area contributed by atoms with Crippen LogP contribution in [0.5, 0.6) is 5.75 Å². The third-order valence-electron chi connectivity index (χ3n) is 2.73. The molecule has 0 bridgehead atoms. The van der Waals surface area contributed by atoms with Gasteiger partial charge in [0, 0.05) is 29.0 Å². The molecule has 0 saturated carbocycles. The molecule has 2 aromatic carbocycles. The summed E-state index contributed by atoms with van der Waals surface area (Å²) in [4.78, 5) is 0. The van der Waals surface area contributed by atoms with Gasteiger partial charge in [0.15, 0.2) is 0 Å². The van der Waals surface area contributed by atoms with Gasteiger partial charge in [0.25, 0.3) is 0 Å². The van der Waals surface area contributed by atoms with E-state index in [2.05, 4.69) is 11.8 Å². The monoisotopic (exact) mass is 322 g/mol. The molecule has 0 spiro atoms. The van der Waals surface area contributed by atoms with Crippen molar-refractivity contribution in [2.45, 2.75) is 13.0 Å². The van der Waals surface area contributed by atoms with Gasteiger partial charge in [-0.05, 0) is 18.2 Å². The molecule has 2 aromatic rings. The summed E-state index contributed by atoms with van der Waals surface area (Å²) in [7, 11) is 0. The number of ether oxygens (including phenoxy) is 1. The average molecular weight is 323 g/mol. The first-order chi connectivity index (χ1) is 10.2. The largest absolute Gasteiger partial charge is 0.487 e. The van der Waals surface area contributed by atoms with Gasteiger partial charge in [-0.15, -0.1) is 11.6 Å². The third kappa shape index (κ3) is 4.67. The fraction of sp³-hybridized carbons (Fsp3) is 0.176. The number of hydrogen-bond donors (Lipinski definition) is 0. The van der Waals surface area contributed by atoms with Gasteiger partial charge in [-0.2, -0.15) is 0 Å². The van der Waals surface area contributed by atoms with Gasteiger partial charge in [0.2, 0.25) is 0 Å². The molecule has 108 valence electrons. The van der Waals surface area contributed by atoms with E-state index in [0.717, 1.165) is 5.56 Å². The Morgan fingerprint density at radius 2 is 1.95 bits per heavy atom. The zero-order chi connectivity index (χ0) is 15.1. The van der Waals surface area contributed by atoms with Crippen molar-refractivity contribution in [1.29, 1.82) is 0 Å². The first-order valence-corrected chi connectivity index (χ1v) is 7.32. The Labute approximate surface area is 133 Å². The summed E-state index contributed by atoms with van der Waals surface area (Å²) in [6.07, 6.45) is 0.572. The van der Waals surface area contributed by atoms with E-state index in [0.29, 0.717) is 28.6 Å². The van der Waals surface area contributed by atoms with Crippen molar-refractivity contribution in [3.8, 4) is 17.6 Å². The fourth-order valence-corrected chi connectivity index (χ4v) is 1.98. The maximum Gasteiger partial charge on any atom is 0.138 e. The van der Waals surface area contributed by atoms with Crippen LogP contribution in [0.1, 0.15) is 17.5 Å². The summed E-state index contributed by atoms with van der Waals surface area (Å²) < 4.78 is 19.0. The molecule has 21 heavy (non-hydrogen) atoms. The van der Waals surface area contributed by atoms with Crippen molar-refractivity contribution >= 4 is 23.2 Å². The number of alkyl halides is 1. The van der Waals surface area contributed by atoms with E-state index >= 15 is 0 Å².